The van der Waals surface area contributed by atoms with E-state index >= 15 is 0 Å². The Labute approximate surface area is 172 Å². The maximum Gasteiger partial charge on any atom is 0.231 e. The topological polar surface area (TPSA) is 40.2 Å². The highest BCUT2D eigenvalue weighted by molar-refractivity contribution is 5.85. The Hall–Kier alpha value is -2.40. The second kappa shape index (κ2) is 7.45. The first-order valence-corrected chi connectivity index (χ1v) is 10.7. The second-order valence-electron chi connectivity index (χ2n) is 8.22. The van der Waals surface area contributed by atoms with Gasteiger partial charge in [-0.25, -0.2) is 0 Å². The van der Waals surface area contributed by atoms with Gasteiger partial charge in [-0.15, -0.1) is 0 Å². The Morgan fingerprint density at radius 3 is 2.72 bits per heavy atom. The summed E-state index contributed by atoms with van der Waals surface area (Å²) < 4.78 is 23.6. The molecule has 1 aliphatic carbocycles. The summed E-state index contributed by atoms with van der Waals surface area (Å²) in [6.45, 7) is 4.26. The van der Waals surface area contributed by atoms with Crippen LogP contribution in [-0.2, 0) is 12.8 Å². The Bertz CT molecular complexity index is 939. The van der Waals surface area contributed by atoms with Crippen LogP contribution in [0.5, 0.6) is 23.0 Å². The molecule has 0 fully saturated rings. The van der Waals surface area contributed by atoms with Gasteiger partial charge in [0.05, 0.1) is 13.7 Å². The lowest BCUT2D eigenvalue weighted by atomic mass is 9.76. The van der Waals surface area contributed by atoms with Gasteiger partial charge >= 0.3 is 0 Å². The van der Waals surface area contributed by atoms with Gasteiger partial charge in [0.1, 0.15) is 0 Å². The van der Waals surface area contributed by atoms with Crippen LogP contribution in [0, 0.1) is 0 Å². The van der Waals surface area contributed by atoms with Crippen molar-refractivity contribution in [1.82, 2.24) is 4.90 Å². The second-order valence-corrected chi connectivity index (χ2v) is 8.22. The van der Waals surface area contributed by atoms with Crippen molar-refractivity contribution >= 4 is 0 Å². The lowest BCUT2D eigenvalue weighted by Gasteiger charge is -2.40. The number of fused-ring (bicyclic) bond motifs is 3. The van der Waals surface area contributed by atoms with Crippen molar-refractivity contribution in [2.75, 3.05) is 34.1 Å². The number of ether oxygens (including phenoxy) is 4. The monoisotopic (exact) mass is 395 g/mol. The zero-order valence-electron chi connectivity index (χ0n) is 17.5. The van der Waals surface area contributed by atoms with Crippen LogP contribution < -0.4 is 18.9 Å². The summed E-state index contributed by atoms with van der Waals surface area (Å²) in [5.74, 6) is 3.38. The Morgan fingerprint density at radius 1 is 1.10 bits per heavy atom. The summed E-state index contributed by atoms with van der Waals surface area (Å²) in [5.41, 5.74) is 6.45. The number of likely N-dealkylation sites (N-methyl/N-ethyl adjacent to an activating group) is 1. The fourth-order valence-corrected chi connectivity index (χ4v) is 4.91. The van der Waals surface area contributed by atoms with Crippen LogP contribution in [0.25, 0.3) is 11.1 Å². The van der Waals surface area contributed by atoms with E-state index in [-0.39, 0.29) is 6.79 Å². The lowest BCUT2D eigenvalue weighted by molar-refractivity contribution is 0.174. The average molecular weight is 395 g/mol. The van der Waals surface area contributed by atoms with Gasteiger partial charge in [0, 0.05) is 18.2 Å². The molecule has 3 aliphatic rings. The zero-order valence-corrected chi connectivity index (χ0v) is 17.5. The van der Waals surface area contributed by atoms with E-state index < -0.39 is 0 Å². The van der Waals surface area contributed by atoms with Crippen molar-refractivity contribution in [3.8, 4) is 34.1 Å². The predicted molar refractivity (Wildman–Crippen MR) is 112 cm³/mol. The molecule has 154 valence electrons. The first-order valence-electron chi connectivity index (χ1n) is 10.7. The highest BCUT2D eigenvalue weighted by Crippen LogP contribution is 2.54. The highest BCUT2D eigenvalue weighted by Gasteiger charge is 2.37. The summed E-state index contributed by atoms with van der Waals surface area (Å²) in [4.78, 5) is 2.46. The standard InChI is InChI=1S/C24H29NO4/c1-4-5-6-9-27-24-21(26-3)11-15-7-8-25(2)18-10-16-12-19-20(29-14-28-19)13-17(16)23(24)22(15)18/h11-13,18H,4-10,14H2,1-3H3/t18-/m0/s1. The molecule has 1 atom stereocenters. The van der Waals surface area contributed by atoms with Crippen LogP contribution in [0.2, 0.25) is 0 Å². The van der Waals surface area contributed by atoms with Crippen LogP contribution in [-0.4, -0.2) is 39.0 Å². The Kier molecular flexibility index (Phi) is 4.78. The molecule has 0 amide bonds. The van der Waals surface area contributed by atoms with Crippen molar-refractivity contribution in [2.45, 2.75) is 45.1 Å². The molecule has 0 spiro atoms. The summed E-state index contributed by atoms with van der Waals surface area (Å²) in [6, 6.07) is 6.84. The number of rotatable bonds is 6. The third kappa shape index (κ3) is 3.03. The van der Waals surface area contributed by atoms with Crippen LogP contribution >= 0.6 is 0 Å². The summed E-state index contributed by atoms with van der Waals surface area (Å²) >= 11 is 0. The number of benzene rings is 2. The number of hydrogen-bond donors (Lipinski definition) is 0. The molecular weight excluding hydrogens is 366 g/mol. The quantitative estimate of drug-likeness (QED) is 0.661. The maximum atomic E-state index is 6.40. The maximum absolute atomic E-state index is 6.40. The summed E-state index contributed by atoms with van der Waals surface area (Å²) in [6.07, 6.45) is 5.40. The largest absolute Gasteiger partial charge is 0.493 e. The van der Waals surface area contributed by atoms with Gasteiger partial charge in [-0.1, -0.05) is 19.8 Å². The minimum absolute atomic E-state index is 0.290. The Morgan fingerprint density at radius 2 is 1.93 bits per heavy atom. The zero-order chi connectivity index (χ0) is 20.0. The van der Waals surface area contributed by atoms with Crippen molar-refractivity contribution in [1.29, 1.82) is 0 Å². The molecular formula is C24H29NO4. The third-order valence-corrected chi connectivity index (χ3v) is 6.47. The Balaban J connectivity index is 1.70. The first kappa shape index (κ1) is 18.6. The number of hydrogen-bond acceptors (Lipinski definition) is 5. The van der Waals surface area contributed by atoms with Crippen LogP contribution in [0.1, 0.15) is 48.9 Å². The predicted octanol–water partition coefficient (Wildman–Crippen LogP) is 4.75. The molecule has 0 saturated heterocycles. The molecule has 0 saturated carbocycles. The lowest BCUT2D eigenvalue weighted by Crippen LogP contribution is -2.35. The van der Waals surface area contributed by atoms with Gasteiger partial charge < -0.3 is 18.9 Å². The van der Waals surface area contributed by atoms with E-state index in [4.69, 9.17) is 18.9 Å². The van der Waals surface area contributed by atoms with Crippen LogP contribution in [0.4, 0.5) is 0 Å². The SMILES string of the molecule is CCCCCOc1c(OC)cc2c3c1-c1cc4c(cc1C[C@@H]3N(C)CC2)OCO4. The molecule has 29 heavy (non-hydrogen) atoms. The molecule has 0 unspecified atom stereocenters. The molecule has 0 bridgehead atoms. The van der Waals surface area contributed by atoms with Crippen molar-refractivity contribution in [3.05, 3.63) is 34.9 Å². The number of methoxy groups -OCH3 is 1. The average Bonchev–Trinajstić information content (AvgIpc) is 3.19. The molecule has 0 aromatic heterocycles. The third-order valence-electron chi connectivity index (χ3n) is 6.47. The molecule has 5 rings (SSSR count). The molecule has 0 radical (unpaired) electrons. The van der Waals surface area contributed by atoms with Gasteiger partial charge in [0.2, 0.25) is 6.79 Å². The minimum atomic E-state index is 0.290. The molecule has 2 aliphatic heterocycles. The summed E-state index contributed by atoms with van der Waals surface area (Å²) in [7, 11) is 3.96. The molecule has 0 N–H and O–H groups in total. The summed E-state index contributed by atoms with van der Waals surface area (Å²) in [5, 5.41) is 0. The van der Waals surface area contributed by atoms with E-state index in [0.29, 0.717) is 12.6 Å². The normalized spacial score (nSPS) is 18.9. The van der Waals surface area contributed by atoms with E-state index in [9.17, 15) is 0 Å². The van der Waals surface area contributed by atoms with Gasteiger partial charge in [0.25, 0.3) is 0 Å². The number of unbranched alkanes of at least 4 members (excludes halogenated alkanes) is 2. The fraction of sp³-hybridized carbons (Fsp3) is 0.500. The van der Waals surface area contributed by atoms with E-state index in [1.54, 1.807) is 7.11 Å². The van der Waals surface area contributed by atoms with E-state index in [2.05, 4.69) is 37.1 Å². The van der Waals surface area contributed by atoms with E-state index in [1.165, 1.54) is 40.7 Å². The van der Waals surface area contributed by atoms with Crippen LogP contribution in [0.3, 0.4) is 0 Å². The van der Waals surface area contributed by atoms with Crippen molar-refractivity contribution < 1.29 is 18.9 Å². The smallest absolute Gasteiger partial charge is 0.231 e. The minimum Gasteiger partial charge on any atom is -0.493 e. The first-order chi connectivity index (χ1) is 14.2. The van der Waals surface area contributed by atoms with E-state index in [1.807, 2.05) is 0 Å². The van der Waals surface area contributed by atoms with Gasteiger partial charge in [-0.05, 0) is 66.8 Å². The molecule has 5 nitrogen and oxygen atoms in total. The van der Waals surface area contributed by atoms with Gasteiger partial charge in [0.15, 0.2) is 23.0 Å². The molecule has 5 heteroatoms. The van der Waals surface area contributed by atoms with Gasteiger partial charge in [-0.3, -0.25) is 4.90 Å². The fourth-order valence-electron chi connectivity index (χ4n) is 4.91. The molecule has 2 aromatic carbocycles. The highest BCUT2D eigenvalue weighted by atomic mass is 16.7. The van der Waals surface area contributed by atoms with Crippen LogP contribution in [0.15, 0.2) is 18.2 Å². The molecule has 2 aromatic rings. The van der Waals surface area contributed by atoms with Crippen molar-refractivity contribution in [2.24, 2.45) is 0 Å². The van der Waals surface area contributed by atoms with Crippen molar-refractivity contribution in [3.63, 3.8) is 0 Å². The van der Waals surface area contributed by atoms with E-state index in [0.717, 1.165) is 48.8 Å². The van der Waals surface area contributed by atoms with Gasteiger partial charge in [-0.2, -0.15) is 0 Å². The molecule has 2 heterocycles. The number of nitrogens with zero attached hydrogens (tertiary/aromatic N) is 1.